The lowest BCUT2D eigenvalue weighted by Gasteiger charge is -2.20. The van der Waals surface area contributed by atoms with Crippen LogP contribution in [0.25, 0.3) is 0 Å². The van der Waals surface area contributed by atoms with Crippen molar-refractivity contribution < 1.29 is 9.53 Å². The Morgan fingerprint density at radius 3 is 2.69 bits per heavy atom. The lowest BCUT2D eigenvalue weighted by Crippen LogP contribution is -2.33. The Bertz CT molecular complexity index is 325. The molecule has 0 aliphatic heterocycles. The number of methoxy groups -OCH3 is 1. The van der Waals surface area contributed by atoms with Crippen molar-refractivity contribution in [3.8, 4) is 0 Å². The van der Waals surface area contributed by atoms with E-state index in [0.717, 1.165) is 5.69 Å². The first-order chi connectivity index (χ1) is 7.69. The average Bonchev–Trinajstić information content (AvgIpc) is 2.35. The zero-order valence-corrected chi connectivity index (χ0v) is 9.59. The highest BCUT2D eigenvalue weighted by Gasteiger charge is 2.16. The molecule has 0 spiro atoms. The highest BCUT2D eigenvalue weighted by molar-refractivity contribution is 5.92. The minimum absolute atomic E-state index is 0.0245. The molecule has 1 heterocycles. The van der Waals surface area contributed by atoms with E-state index in [9.17, 15) is 4.79 Å². The standard InChI is InChI=1S/C11H17N3O2/c1-14(9-3-5-13-6-4-9)11(15)7-10(8-12)16-2/h3-6,10H,7-8,12H2,1-2H3. The van der Waals surface area contributed by atoms with Crippen LogP contribution in [0.5, 0.6) is 0 Å². The summed E-state index contributed by atoms with van der Waals surface area (Å²) < 4.78 is 5.07. The number of ether oxygens (including phenoxy) is 1. The Morgan fingerprint density at radius 1 is 1.56 bits per heavy atom. The molecule has 0 bridgehead atoms. The van der Waals surface area contributed by atoms with Crippen LogP contribution in [0.2, 0.25) is 0 Å². The molecular formula is C11H17N3O2. The summed E-state index contributed by atoms with van der Waals surface area (Å²) >= 11 is 0. The van der Waals surface area contributed by atoms with Crippen LogP contribution in [-0.2, 0) is 9.53 Å². The van der Waals surface area contributed by atoms with Gasteiger partial charge in [-0.1, -0.05) is 0 Å². The summed E-state index contributed by atoms with van der Waals surface area (Å²) in [6.07, 6.45) is 3.36. The number of carbonyl (C=O) groups is 1. The van der Waals surface area contributed by atoms with Crippen molar-refractivity contribution >= 4 is 11.6 Å². The minimum Gasteiger partial charge on any atom is -0.380 e. The predicted octanol–water partition coefficient (Wildman–Crippen LogP) is 0.408. The molecule has 0 fully saturated rings. The number of hydrogen-bond acceptors (Lipinski definition) is 4. The van der Waals surface area contributed by atoms with E-state index in [4.69, 9.17) is 10.5 Å². The molecule has 1 amide bonds. The quantitative estimate of drug-likeness (QED) is 0.785. The van der Waals surface area contributed by atoms with Gasteiger partial charge in [-0.25, -0.2) is 0 Å². The lowest BCUT2D eigenvalue weighted by atomic mass is 10.2. The van der Waals surface area contributed by atoms with Gasteiger partial charge in [-0.2, -0.15) is 0 Å². The van der Waals surface area contributed by atoms with Crippen molar-refractivity contribution in [1.82, 2.24) is 4.98 Å². The van der Waals surface area contributed by atoms with Crippen LogP contribution in [0.3, 0.4) is 0 Å². The van der Waals surface area contributed by atoms with E-state index in [2.05, 4.69) is 4.98 Å². The molecule has 16 heavy (non-hydrogen) atoms. The summed E-state index contributed by atoms with van der Waals surface area (Å²) in [5.74, 6) is -0.0245. The van der Waals surface area contributed by atoms with Crippen LogP contribution in [0, 0.1) is 0 Å². The van der Waals surface area contributed by atoms with E-state index >= 15 is 0 Å². The van der Waals surface area contributed by atoms with Crippen LogP contribution in [-0.4, -0.2) is 37.7 Å². The highest BCUT2D eigenvalue weighted by Crippen LogP contribution is 2.12. The molecule has 0 saturated carbocycles. The number of pyridine rings is 1. The maximum Gasteiger partial charge on any atom is 0.229 e. The first-order valence-corrected chi connectivity index (χ1v) is 5.08. The van der Waals surface area contributed by atoms with Crippen LogP contribution >= 0.6 is 0 Å². The predicted molar refractivity (Wildman–Crippen MR) is 62.1 cm³/mol. The number of nitrogens with two attached hydrogens (primary N) is 1. The third-order valence-electron chi connectivity index (χ3n) is 2.42. The zero-order chi connectivity index (χ0) is 12.0. The van der Waals surface area contributed by atoms with Gasteiger partial charge in [0.2, 0.25) is 5.91 Å². The third-order valence-corrected chi connectivity index (χ3v) is 2.42. The molecule has 0 aromatic carbocycles. The van der Waals surface area contributed by atoms with E-state index < -0.39 is 0 Å². The molecule has 1 rings (SSSR count). The summed E-state index contributed by atoms with van der Waals surface area (Å²) in [7, 11) is 3.28. The van der Waals surface area contributed by atoms with Crippen molar-refractivity contribution in [3.05, 3.63) is 24.5 Å². The van der Waals surface area contributed by atoms with Crippen molar-refractivity contribution in [1.29, 1.82) is 0 Å². The van der Waals surface area contributed by atoms with Crippen LogP contribution in [0.15, 0.2) is 24.5 Å². The molecular weight excluding hydrogens is 206 g/mol. The molecule has 5 nitrogen and oxygen atoms in total. The van der Waals surface area contributed by atoms with Crippen molar-refractivity contribution in [3.63, 3.8) is 0 Å². The molecule has 5 heteroatoms. The second-order valence-corrected chi connectivity index (χ2v) is 3.46. The molecule has 1 unspecified atom stereocenters. The number of nitrogens with zero attached hydrogens (tertiary/aromatic N) is 2. The van der Waals surface area contributed by atoms with Gasteiger partial charge in [0.1, 0.15) is 0 Å². The average molecular weight is 223 g/mol. The Labute approximate surface area is 95.2 Å². The molecule has 0 radical (unpaired) electrons. The van der Waals surface area contributed by atoms with E-state index in [0.29, 0.717) is 6.54 Å². The van der Waals surface area contributed by atoms with Crippen molar-refractivity contribution in [2.75, 3.05) is 25.6 Å². The first kappa shape index (κ1) is 12.6. The Morgan fingerprint density at radius 2 is 2.19 bits per heavy atom. The minimum atomic E-state index is -0.225. The molecule has 2 N–H and O–H groups in total. The lowest BCUT2D eigenvalue weighted by molar-refractivity contribution is -0.120. The smallest absolute Gasteiger partial charge is 0.229 e. The van der Waals surface area contributed by atoms with Crippen LogP contribution < -0.4 is 10.6 Å². The van der Waals surface area contributed by atoms with Crippen LogP contribution in [0.4, 0.5) is 5.69 Å². The normalized spacial score (nSPS) is 12.2. The second-order valence-electron chi connectivity index (χ2n) is 3.46. The maximum absolute atomic E-state index is 11.8. The summed E-state index contributed by atoms with van der Waals surface area (Å²) in [4.78, 5) is 17.3. The Hall–Kier alpha value is -1.46. The largest absolute Gasteiger partial charge is 0.380 e. The van der Waals surface area contributed by atoms with Crippen molar-refractivity contribution in [2.24, 2.45) is 5.73 Å². The number of rotatable bonds is 5. The van der Waals surface area contributed by atoms with Crippen molar-refractivity contribution in [2.45, 2.75) is 12.5 Å². The summed E-state index contributed by atoms with van der Waals surface area (Å²) in [6.45, 7) is 0.340. The SMILES string of the molecule is COC(CN)CC(=O)N(C)c1ccncc1. The fourth-order valence-electron chi connectivity index (χ4n) is 1.31. The molecule has 0 saturated heterocycles. The first-order valence-electron chi connectivity index (χ1n) is 5.08. The van der Waals surface area contributed by atoms with Gasteiger partial charge in [-0.15, -0.1) is 0 Å². The van der Waals surface area contributed by atoms with E-state index in [1.54, 1.807) is 43.6 Å². The molecule has 88 valence electrons. The van der Waals surface area contributed by atoms with Gasteiger partial charge >= 0.3 is 0 Å². The number of anilines is 1. The number of aromatic nitrogens is 1. The number of carbonyl (C=O) groups excluding carboxylic acids is 1. The maximum atomic E-state index is 11.8. The summed E-state index contributed by atoms with van der Waals surface area (Å²) in [5, 5.41) is 0. The van der Waals surface area contributed by atoms with E-state index in [-0.39, 0.29) is 18.4 Å². The van der Waals surface area contributed by atoms with Gasteiger partial charge in [0.25, 0.3) is 0 Å². The zero-order valence-electron chi connectivity index (χ0n) is 9.59. The van der Waals surface area contributed by atoms with Gasteiger partial charge in [0.05, 0.1) is 12.5 Å². The van der Waals surface area contributed by atoms with Gasteiger partial charge < -0.3 is 15.4 Å². The number of hydrogen-bond donors (Lipinski definition) is 1. The Kier molecular flexibility index (Phi) is 4.88. The topological polar surface area (TPSA) is 68.5 Å². The molecule has 1 atom stereocenters. The molecule has 0 aliphatic carbocycles. The van der Waals surface area contributed by atoms with Gasteiger partial charge in [0.15, 0.2) is 0 Å². The van der Waals surface area contributed by atoms with Gasteiger partial charge in [-0.05, 0) is 12.1 Å². The van der Waals surface area contributed by atoms with Gasteiger partial charge in [-0.3, -0.25) is 9.78 Å². The van der Waals surface area contributed by atoms with Gasteiger partial charge in [0, 0.05) is 38.8 Å². The molecule has 1 aromatic heterocycles. The number of amides is 1. The monoisotopic (exact) mass is 223 g/mol. The fraction of sp³-hybridized carbons (Fsp3) is 0.455. The summed E-state index contributed by atoms with van der Waals surface area (Å²) in [5.41, 5.74) is 6.28. The molecule has 1 aromatic rings. The fourth-order valence-corrected chi connectivity index (χ4v) is 1.31. The summed E-state index contributed by atoms with van der Waals surface area (Å²) in [6, 6.07) is 3.56. The third kappa shape index (κ3) is 3.29. The van der Waals surface area contributed by atoms with Crippen LogP contribution in [0.1, 0.15) is 6.42 Å². The van der Waals surface area contributed by atoms with E-state index in [1.165, 1.54) is 0 Å². The second kappa shape index (κ2) is 6.19. The molecule has 0 aliphatic rings. The highest BCUT2D eigenvalue weighted by atomic mass is 16.5. The van der Waals surface area contributed by atoms with E-state index in [1.807, 2.05) is 0 Å². The Balaban J connectivity index is 2.61.